The fraction of sp³-hybridized carbons (Fsp3) is 0.304. The number of halogens is 3. The maximum Gasteiger partial charge on any atom is 0.417 e. The highest BCUT2D eigenvalue weighted by molar-refractivity contribution is 5.88. The maximum atomic E-state index is 13.0. The Bertz CT molecular complexity index is 1140. The zero-order chi connectivity index (χ0) is 22.6. The average Bonchev–Trinajstić information content (AvgIpc) is 2.73. The summed E-state index contributed by atoms with van der Waals surface area (Å²) in [7, 11) is 1.55. The summed E-state index contributed by atoms with van der Waals surface area (Å²) < 4.78 is 45.5. The minimum Gasteiger partial charge on any atom is -0.493 e. The highest BCUT2D eigenvalue weighted by Crippen LogP contribution is 2.30. The number of hydrogen-bond donors (Lipinski definition) is 0. The van der Waals surface area contributed by atoms with Crippen LogP contribution in [0.15, 0.2) is 59.5 Å². The van der Waals surface area contributed by atoms with Crippen LogP contribution in [0, 0.1) is 0 Å². The summed E-state index contributed by atoms with van der Waals surface area (Å²) in [4.78, 5) is 26.1. The third kappa shape index (κ3) is 5.25. The standard InChI is InChI=1S/C23H23F3N2O3/c1-3-12-31-20-10-8-16-6-4-5-7-18(16)19(20)14-27(2)22(30)15-28-13-17(23(24,25)26)9-11-21(28)29/h4-11,13H,3,12,14-15H2,1-2H3. The van der Waals surface area contributed by atoms with Gasteiger partial charge in [0.1, 0.15) is 12.3 Å². The largest absolute Gasteiger partial charge is 0.493 e. The summed E-state index contributed by atoms with van der Waals surface area (Å²) >= 11 is 0. The van der Waals surface area contributed by atoms with E-state index < -0.39 is 29.8 Å². The smallest absolute Gasteiger partial charge is 0.417 e. The number of likely N-dealkylation sites (N-methyl/N-ethyl adjacent to an activating group) is 1. The quantitative estimate of drug-likeness (QED) is 0.554. The number of carbonyl (C=O) groups excluding carboxylic acids is 1. The van der Waals surface area contributed by atoms with Gasteiger partial charge in [-0.25, -0.2) is 0 Å². The van der Waals surface area contributed by atoms with E-state index in [1.165, 1.54) is 4.90 Å². The summed E-state index contributed by atoms with van der Waals surface area (Å²) in [6.45, 7) is 2.20. The Morgan fingerprint density at radius 1 is 1.10 bits per heavy atom. The van der Waals surface area contributed by atoms with Gasteiger partial charge in [-0.2, -0.15) is 13.2 Å². The topological polar surface area (TPSA) is 51.5 Å². The maximum absolute atomic E-state index is 13.0. The highest BCUT2D eigenvalue weighted by atomic mass is 19.4. The molecule has 0 saturated heterocycles. The van der Waals surface area contributed by atoms with Gasteiger partial charge >= 0.3 is 6.18 Å². The van der Waals surface area contributed by atoms with Gasteiger partial charge in [-0.05, 0) is 29.3 Å². The van der Waals surface area contributed by atoms with Gasteiger partial charge in [0.25, 0.3) is 5.56 Å². The van der Waals surface area contributed by atoms with E-state index in [1.807, 2.05) is 43.3 Å². The van der Waals surface area contributed by atoms with E-state index in [4.69, 9.17) is 4.74 Å². The lowest BCUT2D eigenvalue weighted by atomic mass is 10.0. The van der Waals surface area contributed by atoms with Gasteiger partial charge in [0.15, 0.2) is 0 Å². The molecule has 0 radical (unpaired) electrons. The Hall–Kier alpha value is -3.29. The minimum absolute atomic E-state index is 0.187. The van der Waals surface area contributed by atoms with E-state index in [9.17, 15) is 22.8 Å². The van der Waals surface area contributed by atoms with E-state index in [0.29, 0.717) is 24.6 Å². The van der Waals surface area contributed by atoms with Crippen molar-refractivity contribution < 1.29 is 22.7 Å². The second kappa shape index (κ2) is 9.24. The van der Waals surface area contributed by atoms with Crippen LogP contribution in [0.5, 0.6) is 5.75 Å². The summed E-state index contributed by atoms with van der Waals surface area (Å²) in [6.07, 6.45) is -3.11. The zero-order valence-electron chi connectivity index (χ0n) is 17.3. The highest BCUT2D eigenvalue weighted by Gasteiger charge is 2.31. The number of amides is 1. The van der Waals surface area contributed by atoms with Gasteiger partial charge < -0.3 is 14.2 Å². The molecular formula is C23H23F3N2O3. The molecule has 3 rings (SSSR count). The first-order chi connectivity index (χ1) is 14.7. The molecule has 8 heteroatoms. The van der Waals surface area contributed by atoms with Crippen LogP contribution >= 0.6 is 0 Å². The molecular weight excluding hydrogens is 409 g/mol. The molecule has 1 aromatic heterocycles. The predicted molar refractivity (Wildman–Crippen MR) is 112 cm³/mol. The van der Waals surface area contributed by atoms with Gasteiger partial charge in [0, 0.05) is 31.4 Å². The number of fused-ring (bicyclic) bond motifs is 1. The monoisotopic (exact) mass is 432 g/mol. The van der Waals surface area contributed by atoms with Crippen LogP contribution in [0.4, 0.5) is 13.2 Å². The molecule has 0 aliphatic rings. The van der Waals surface area contributed by atoms with Crippen molar-refractivity contribution in [1.82, 2.24) is 9.47 Å². The van der Waals surface area contributed by atoms with E-state index in [2.05, 4.69) is 0 Å². The Morgan fingerprint density at radius 2 is 1.84 bits per heavy atom. The number of rotatable bonds is 7. The molecule has 0 aliphatic carbocycles. The molecule has 0 spiro atoms. The van der Waals surface area contributed by atoms with Crippen LogP contribution in [0.2, 0.25) is 0 Å². The molecule has 164 valence electrons. The van der Waals surface area contributed by atoms with Crippen molar-refractivity contribution in [2.45, 2.75) is 32.6 Å². The normalized spacial score (nSPS) is 11.5. The third-order valence-corrected chi connectivity index (χ3v) is 4.90. The fourth-order valence-electron chi connectivity index (χ4n) is 3.24. The molecule has 0 unspecified atom stereocenters. The first-order valence-electron chi connectivity index (χ1n) is 9.85. The molecule has 1 heterocycles. The van der Waals surface area contributed by atoms with Gasteiger partial charge in [-0.15, -0.1) is 0 Å². The Balaban J connectivity index is 1.86. The summed E-state index contributed by atoms with van der Waals surface area (Å²) in [6, 6.07) is 13.0. The lowest BCUT2D eigenvalue weighted by molar-refractivity contribution is -0.138. The number of aromatic nitrogens is 1. The summed E-state index contributed by atoms with van der Waals surface area (Å²) in [5, 5.41) is 1.91. The second-order valence-electron chi connectivity index (χ2n) is 7.24. The van der Waals surface area contributed by atoms with Crippen molar-refractivity contribution in [2.75, 3.05) is 13.7 Å². The molecule has 3 aromatic rings. The lowest BCUT2D eigenvalue weighted by Crippen LogP contribution is -2.34. The number of hydrogen-bond acceptors (Lipinski definition) is 3. The molecule has 5 nitrogen and oxygen atoms in total. The average molecular weight is 432 g/mol. The minimum atomic E-state index is -4.60. The number of alkyl halides is 3. The molecule has 0 atom stereocenters. The van der Waals surface area contributed by atoms with Crippen molar-refractivity contribution in [3.63, 3.8) is 0 Å². The van der Waals surface area contributed by atoms with Crippen LogP contribution in [0.1, 0.15) is 24.5 Å². The van der Waals surface area contributed by atoms with Crippen LogP contribution in [0.25, 0.3) is 10.8 Å². The van der Waals surface area contributed by atoms with Gasteiger partial charge in [0.2, 0.25) is 5.91 Å². The van der Waals surface area contributed by atoms with Gasteiger partial charge in [0.05, 0.1) is 12.2 Å². The molecule has 0 saturated carbocycles. The molecule has 0 N–H and O–H groups in total. The van der Waals surface area contributed by atoms with Crippen molar-refractivity contribution in [3.8, 4) is 5.75 Å². The third-order valence-electron chi connectivity index (χ3n) is 4.90. The molecule has 0 bridgehead atoms. The van der Waals surface area contributed by atoms with Gasteiger partial charge in [-0.3, -0.25) is 9.59 Å². The van der Waals surface area contributed by atoms with Crippen molar-refractivity contribution in [2.24, 2.45) is 0 Å². The molecule has 2 aromatic carbocycles. The first-order valence-corrected chi connectivity index (χ1v) is 9.85. The van der Waals surface area contributed by atoms with Crippen molar-refractivity contribution in [1.29, 1.82) is 0 Å². The number of benzene rings is 2. The Morgan fingerprint density at radius 3 is 2.55 bits per heavy atom. The summed E-state index contributed by atoms with van der Waals surface area (Å²) in [5.41, 5.74) is -0.850. The Kier molecular flexibility index (Phi) is 6.68. The van der Waals surface area contributed by atoms with Crippen LogP contribution < -0.4 is 10.3 Å². The fourth-order valence-corrected chi connectivity index (χ4v) is 3.24. The van der Waals surface area contributed by atoms with E-state index in [0.717, 1.165) is 33.4 Å². The van der Waals surface area contributed by atoms with E-state index in [-0.39, 0.29) is 6.54 Å². The first kappa shape index (κ1) is 22.4. The van der Waals surface area contributed by atoms with Crippen LogP contribution in [-0.2, 0) is 24.1 Å². The number of ether oxygens (including phenoxy) is 1. The molecule has 0 aliphatic heterocycles. The Labute approximate surface area is 177 Å². The number of carbonyl (C=O) groups is 1. The second-order valence-corrected chi connectivity index (χ2v) is 7.24. The van der Waals surface area contributed by atoms with Crippen LogP contribution in [0.3, 0.4) is 0 Å². The number of nitrogens with zero attached hydrogens (tertiary/aromatic N) is 2. The number of pyridine rings is 1. The molecule has 0 fully saturated rings. The van der Waals surface area contributed by atoms with Crippen molar-refractivity contribution >= 4 is 16.7 Å². The van der Waals surface area contributed by atoms with E-state index >= 15 is 0 Å². The lowest BCUT2D eigenvalue weighted by Gasteiger charge is -2.21. The van der Waals surface area contributed by atoms with Gasteiger partial charge in [-0.1, -0.05) is 37.3 Å². The molecule has 31 heavy (non-hydrogen) atoms. The SMILES string of the molecule is CCCOc1ccc2ccccc2c1CN(C)C(=O)Cn1cc(C(F)(F)F)ccc1=O. The molecule has 1 amide bonds. The predicted octanol–water partition coefficient (Wildman–Crippen LogP) is 4.47. The van der Waals surface area contributed by atoms with Crippen LogP contribution in [-0.4, -0.2) is 29.0 Å². The van der Waals surface area contributed by atoms with Crippen molar-refractivity contribution in [3.05, 3.63) is 76.2 Å². The summed E-state index contributed by atoms with van der Waals surface area (Å²) in [5.74, 6) is 0.159. The zero-order valence-corrected chi connectivity index (χ0v) is 17.3. The van der Waals surface area contributed by atoms with E-state index in [1.54, 1.807) is 7.05 Å².